The van der Waals surface area contributed by atoms with Crippen molar-refractivity contribution in [1.29, 1.82) is 0 Å². The van der Waals surface area contributed by atoms with Crippen LogP contribution in [0.5, 0.6) is 0 Å². The third-order valence-corrected chi connectivity index (χ3v) is 2.09. The minimum atomic E-state index is -0.629. The largest absolute Gasteiger partial charge is 0.454 e. The van der Waals surface area contributed by atoms with Crippen molar-refractivity contribution in [2.24, 2.45) is 0 Å². The van der Waals surface area contributed by atoms with E-state index in [9.17, 15) is 14.4 Å². The molecule has 0 aromatic heterocycles. The second-order valence-corrected chi connectivity index (χ2v) is 3.90. The first-order chi connectivity index (χ1) is 7.56. The standard InChI is InChI=1S/C9H16N2O4S/c1-7(12)11-5-9(14)15-6-8(13)10-3-4-16-2/h3-6H2,1-2H3,(H,10,13)(H,11,12). The zero-order chi connectivity index (χ0) is 12.4. The van der Waals surface area contributed by atoms with E-state index in [-0.39, 0.29) is 25.0 Å². The molecule has 0 aliphatic rings. The lowest BCUT2D eigenvalue weighted by molar-refractivity contribution is -0.148. The van der Waals surface area contributed by atoms with Crippen LogP contribution in [0.25, 0.3) is 0 Å². The molecule has 0 rings (SSSR count). The van der Waals surface area contributed by atoms with Gasteiger partial charge in [0, 0.05) is 19.2 Å². The summed E-state index contributed by atoms with van der Waals surface area (Å²) in [5.74, 6) is -0.479. The summed E-state index contributed by atoms with van der Waals surface area (Å²) < 4.78 is 4.61. The maximum absolute atomic E-state index is 11.1. The van der Waals surface area contributed by atoms with Crippen molar-refractivity contribution in [2.75, 3.05) is 31.7 Å². The fourth-order valence-corrected chi connectivity index (χ4v) is 1.04. The van der Waals surface area contributed by atoms with Gasteiger partial charge in [-0.25, -0.2) is 0 Å². The number of amides is 2. The number of carbonyl (C=O) groups is 3. The lowest BCUT2D eigenvalue weighted by atomic mass is 10.5. The Morgan fingerprint density at radius 1 is 1.25 bits per heavy atom. The van der Waals surface area contributed by atoms with Crippen molar-refractivity contribution in [2.45, 2.75) is 6.92 Å². The van der Waals surface area contributed by atoms with E-state index in [1.54, 1.807) is 11.8 Å². The number of hydrogen-bond donors (Lipinski definition) is 2. The Kier molecular flexibility index (Phi) is 8.32. The highest BCUT2D eigenvalue weighted by molar-refractivity contribution is 7.98. The van der Waals surface area contributed by atoms with Crippen LogP contribution in [0.15, 0.2) is 0 Å². The molecule has 0 aromatic rings. The fraction of sp³-hybridized carbons (Fsp3) is 0.667. The summed E-state index contributed by atoms with van der Waals surface area (Å²) in [4.78, 5) is 32.5. The number of esters is 1. The van der Waals surface area contributed by atoms with E-state index in [1.807, 2.05) is 6.26 Å². The predicted molar refractivity (Wildman–Crippen MR) is 61.0 cm³/mol. The predicted octanol–water partition coefficient (Wildman–Crippen LogP) is -0.855. The smallest absolute Gasteiger partial charge is 0.325 e. The molecule has 2 amide bonds. The number of rotatable bonds is 7. The molecule has 0 saturated carbocycles. The van der Waals surface area contributed by atoms with E-state index in [0.29, 0.717) is 6.54 Å². The molecular weight excluding hydrogens is 232 g/mol. The molecule has 0 fully saturated rings. The number of hydrogen-bond acceptors (Lipinski definition) is 5. The van der Waals surface area contributed by atoms with Crippen LogP contribution in [-0.2, 0) is 19.1 Å². The van der Waals surface area contributed by atoms with Crippen molar-refractivity contribution < 1.29 is 19.1 Å². The lowest BCUT2D eigenvalue weighted by Crippen LogP contribution is -2.33. The van der Waals surface area contributed by atoms with Crippen LogP contribution in [-0.4, -0.2) is 49.5 Å². The van der Waals surface area contributed by atoms with Crippen LogP contribution >= 0.6 is 11.8 Å². The van der Waals surface area contributed by atoms with Crippen molar-refractivity contribution >= 4 is 29.5 Å². The first-order valence-corrected chi connectivity index (χ1v) is 6.11. The van der Waals surface area contributed by atoms with Gasteiger partial charge in [-0.2, -0.15) is 11.8 Å². The summed E-state index contributed by atoms with van der Waals surface area (Å²) in [7, 11) is 0. The molecule has 0 bridgehead atoms. The van der Waals surface area contributed by atoms with Gasteiger partial charge in [0.25, 0.3) is 5.91 Å². The second-order valence-electron chi connectivity index (χ2n) is 2.91. The molecule has 0 heterocycles. The first kappa shape index (κ1) is 14.8. The van der Waals surface area contributed by atoms with Crippen LogP contribution in [0.2, 0.25) is 0 Å². The van der Waals surface area contributed by atoms with Gasteiger partial charge in [-0.3, -0.25) is 14.4 Å². The topological polar surface area (TPSA) is 84.5 Å². The Balaban J connectivity index is 3.51. The third kappa shape index (κ3) is 9.32. The quantitative estimate of drug-likeness (QED) is 0.452. The van der Waals surface area contributed by atoms with Crippen LogP contribution < -0.4 is 10.6 Å². The number of ether oxygens (including phenoxy) is 1. The van der Waals surface area contributed by atoms with Crippen LogP contribution in [0.4, 0.5) is 0 Å². The van der Waals surface area contributed by atoms with Crippen molar-refractivity contribution in [1.82, 2.24) is 10.6 Å². The molecule has 0 radical (unpaired) electrons. The fourth-order valence-electron chi connectivity index (χ4n) is 0.737. The molecule has 0 unspecified atom stereocenters. The molecule has 2 N–H and O–H groups in total. The Bertz CT molecular complexity index is 258. The summed E-state index contributed by atoms with van der Waals surface area (Å²) in [6.07, 6.45) is 1.93. The van der Waals surface area contributed by atoms with Crippen LogP contribution in [0, 0.1) is 0 Å². The minimum absolute atomic E-state index is 0.215. The molecule has 0 spiro atoms. The number of thioether (sulfide) groups is 1. The van der Waals surface area contributed by atoms with Gasteiger partial charge < -0.3 is 15.4 Å². The van der Waals surface area contributed by atoms with Gasteiger partial charge in [-0.05, 0) is 6.26 Å². The van der Waals surface area contributed by atoms with Gasteiger partial charge in [0.15, 0.2) is 6.61 Å². The molecule has 92 valence electrons. The molecule has 0 atom stereocenters. The molecular formula is C9H16N2O4S. The maximum atomic E-state index is 11.1. The number of carbonyl (C=O) groups excluding carboxylic acids is 3. The SMILES string of the molecule is CSCCNC(=O)COC(=O)CNC(C)=O. The molecule has 0 aliphatic carbocycles. The summed E-state index contributed by atoms with van der Waals surface area (Å²) in [6, 6.07) is 0. The summed E-state index contributed by atoms with van der Waals surface area (Å²) >= 11 is 1.61. The Morgan fingerprint density at radius 3 is 2.50 bits per heavy atom. The lowest BCUT2D eigenvalue weighted by Gasteiger charge is -2.05. The molecule has 16 heavy (non-hydrogen) atoms. The van der Waals surface area contributed by atoms with Gasteiger partial charge in [0.1, 0.15) is 6.54 Å². The highest BCUT2D eigenvalue weighted by Crippen LogP contribution is 1.87. The Labute approximate surface area is 98.5 Å². The molecule has 7 heteroatoms. The summed E-state index contributed by atoms with van der Waals surface area (Å²) in [5, 5.41) is 4.85. The first-order valence-electron chi connectivity index (χ1n) is 4.72. The zero-order valence-electron chi connectivity index (χ0n) is 9.37. The van der Waals surface area contributed by atoms with Gasteiger partial charge in [0.2, 0.25) is 5.91 Å². The van der Waals surface area contributed by atoms with Crippen molar-refractivity contribution in [3.05, 3.63) is 0 Å². The second kappa shape index (κ2) is 9.02. The van der Waals surface area contributed by atoms with Gasteiger partial charge in [0.05, 0.1) is 0 Å². The summed E-state index contributed by atoms with van der Waals surface area (Å²) in [5.41, 5.74) is 0. The van der Waals surface area contributed by atoms with E-state index in [2.05, 4.69) is 15.4 Å². The average Bonchev–Trinajstić information content (AvgIpc) is 2.24. The normalized spacial score (nSPS) is 9.38. The average molecular weight is 248 g/mol. The van der Waals surface area contributed by atoms with Crippen LogP contribution in [0.1, 0.15) is 6.92 Å². The Hall–Kier alpha value is -1.24. The van der Waals surface area contributed by atoms with Gasteiger partial charge in [-0.1, -0.05) is 0 Å². The van der Waals surface area contributed by atoms with E-state index >= 15 is 0 Å². The van der Waals surface area contributed by atoms with Crippen molar-refractivity contribution in [3.8, 4) is 0 Å². The number of nitrogens with one attached hydrogen (secondary N) is 2. The van der Waals surface area contributed by atoms with Crippen molar-refractivity contribution in [3.63, 3.8) is 0 Å². The van der Waals surface area contributed by atoms with Gasteiger partial charge >= 0.3 is 5.97 Å². The maximum Gasteiger partial charge on any atom is 0.325 e. The highest BCUT2D eigenvalue weighted by Gasteiger charge is 2.06. The van der Waals surface area contributed by atoms with Gasteiger partial charge in [-0.15, -0.1) is 0 Å². The molecule has 0 saturated heterocycles. The highest BCUT2D eigenvalue weighted by atomic mass is 32.2. The summed E-state index contributed by atoms with van der Waals surface area (Å²) in [6.45, 7) is 1.31. The van der Waals surface area contributed by atoms with E-state index in [1.165, 1.54) is 6.92 Å². The third-order valence-electron chi connectivity index (χ3n) is 1.47. The minimum Gasteiger partial charge on any atom is -0.454 e. The van der Waals surface area contributed by atoms with E-state index in [4.69, 9.17) is 0 Å². The molecule has 0 aromatic carbocycles. The van der Waals surface area contributed by atoms with E-state index in [0.717, 1.165) is 5.75 Å². The van der Waals surface area contributed by atoms with E-state index < -0.39 is 5.97 Å². The molecule has 0 aliphatic heterocycles. The Morgan fingerprint density at radius 2 is 1.94 bits per heavy atom. The molecule has 6 nitrogen and oxygen atoms in total. The van der Waals surface area contributed by atoms with Crippen LogP contribution in [0.3, 0.4) is 0 Å². The monoisotopic (exact) mass is 248 g/mol. The zero-order valence-corrected chi connectivity index (χ0v) is 10.2.